The molecule has 1 saturated heterocycles. The van der Waals surface area contributed by atoms with Gasteiger partial charge in [0.05, 0.1) is 18.5 Å². The van der Waals surface area contributed by atoms with Gasteiger partial charge in [-0.2, -0.15) is 0 Å². The molecule has 1 amide bonds. The van der Waals surface area contributed by atoms with Crippen LogP contribution >= 0.6 is 23.1 Å². The molecule has 0 radical (unpaired) electrons. The quantitative estimate of drug-likeness (QED) is 0.475. The Morgan fingerprint density at radius 2 is 2.00 bits per heavy atom. The van der Waals surface area contributed by atoms with Crippen LogP contribution in [0.1, 0.15) is 23.8 Å². The molecule has 1 fully saturated rings. The van der Waals surface area contributed by atoms with E-state index in [4.69, 9.17) is 4.74 Å². The molecule has 30 heavy (non-hydrogen) atoms. The van der Waals surface area contributed by atoms with Crippen molar-refractivity contribution in [2.45, 2.75) is 36.5 Å². The van der Waals surface area contributed by atoms with Gasteiger partial charge in [-0.15, -0.1) is 11.3 Å². The Kier molecular flexibility index (Phi) is 5.62. The maximum absolute atomic E-state index is 12.8. The number of fused-ring (bicyclic) bond motifs is 3. The van der Waals surface area contributed by atoms with Crippen LogP contribution in [0.25, 0.3) is 10.2 Å². The van der Waals surface area contributed by atoms with E-state index in [-0.39, 0.29) is 11.2 Å². The van der Waals surface area contributed by atoms with E-state index in [9.17, 15) is 4.79 Å². The van der Waals surface area contributed by atoms with Gasteiger partial charge in [0.25, 0.3) is 0 Å². The zero-order valence-electron chi connectivity index (χ0n) is 16.9. The van der Waals surface area contributed by atoms with Gasteiger partial charge < -0.3 is 15.0 Å². The van der Waals surface area contributed by atoms with E-state index in [1.54, 1.807) is 17.7 Å². The van der Waals surface area contributed by atoms with Crippen LogP contribution in [0.15, 0.2) is 35.6 Å². The number of nitrogens with one attached hydrogen (secondary N) is 1. The van der Waals surface area contributed by atoms with Crippen LogP contribution in [-0.4, -0.2) is 47.4 Å². The molecule has 3 aromatic rings. The molecule has 1 aromatic carbocycles. The molecular weight excluding hydrogens is 416 g/mol. The molecule has 1 N–H and O–H groups in total. The molecule has 156 valence electrons. The molecule has 2 aliphatic rings. The first-order chi connectivity index (χ1) is 14.7. The highest BCUT2D eigenvalue weighted by Crippen LogP contribution is 2.40. The number of amides is 1. The summed E-state index contributed by atoms with van der Waals surface area (Å²) in [6.07, 6.45) is 5.04. The third-order valence-corrected chi connectivity index (χ3v) is 7.94. The minimum atomic E-state index is -0.251. The van der Waals surface area contributed by atoms with Crippen molar-refractivity contribution in [3.05, 3.63) is 41.0 Å². The lowest BCUT2D eigenvalue weighted by Gasteiger charge is -2.28. The average molecular weight is 441 g/mol. The van der Waals surface area contributed by atoms with Crippen molar-refractivity contribution < 1.29 is 9.53 Å². The summed E-state index contributed by atoms with van der Waals surface area (Å²) in [6, 6.07) is 8.05. The average Bonchev–Trinajstić information content (AvgIpc) is 3.36. The molecule has 0 unspecified atom stereocenters. The smallest absolute Gasteiger partial charge is 0.237 e. The van der Waals surface area contributed by atoms with Crippen LogP contribution < -0.4 is 10.2 Å². The number of morpholine rings is 1. The van der Waals surface area contributed by atoms with E-state index in [1.165, 1.54) is 28.6 Å². The summed E-state index contributed by atoms with van der Waals surface area (Å²) >= 11 is 3.29. The summed E-state index contributed by atoms with van der Waals surface area (Å²) in [5.74, 6) is -0.0160. The summed E-state index contributed by atoms with van der Waals surface area (Å²) in [5, 5.41) is 4.87. The Morgan fingerprint density at radius 1 is 1.20 bits per heavy atom. The van der Waals surface area contributed by atoms with Crippen LogP contribution in [0.4, 0.5) is 11.4 Å². The van der Waals surface area contributed by atoms with E-state index >= 15 is 0 Å². The predicted octanol–water partition coefficient (Wildman–Crippen LogP) is 4.14. The van der Waals surface area contributed by atoms with Crippen molar-refractivity contribution in [2.75, 3.05) is 36.5 Å². The van der Waals surface area contributed by atoms with Crippen LogP contribution in [0.3, 0.4) is 0 Å². The molecule has 2 aromatic heterocycles. The molecular formula is C22H24N4O2S2. The molecule has 5 rings (SSSR count). The second kappa shape index (κ2) is 8.53. The lowest BCUT2D eigenvalue weighted by Crippen LogP contribution is -2.36. The minimum absolute atomic E-state index is 0.0160. The predicted molar refractivity (Wildman–Crippen MR) is 123 cm³/mol. The number of anilines is 2. The number of aryl methyl sites for hydroxylation is 2. The highest BCUT2D eigenvalue weighted by molar-refractivity contribution is 8.00. The van der Waals surface area contributed by atoms with E-state index in [0.717, 1.165) is 65.8 Å². The van der Waals surface area contributed by atoms with Gasteiger partial charge in [0.15, 0.2) is 0 Å². The molecule has 6 nitrogen and oxygen atoms in total. The molecule has 1 atom stereocenters. The van der Waals surface area contributed by atoms with E-state index in [2.05, 4.69) is 32.3 Å². The lowest BCUT2D eigenvalue weighted by atomic mass is 10.2. The molecule has 3 heterocycles. The molecule has 0 spiro atoms. The topological polar surface area (TPSA) is 67.4 Å². The fraction of sp³-hybridized carbons (Fsp3) is 0.409. The number of thioether (sulfide) groups is 1. The molecule has 0 saturated carbocycles. The van der Waals surface area contributed by atoms with Gasteiger partial charge in [0, 0.05) is 34.7 Å². The maximum Gasteiger partial charge on any atom is 0.237 e. The van der Waals surface area contributed by atoms with Crippen LogP contribution in [0.5, 0.6) is 0 Å². The SMILES string of the molecule is C[C@H](Sc1ncnc2sc3c(c12)CCC3)C(=O)Nc1ccc(N2CCOCC2)cc1. The van der Waals surface area contributed by atoms with Crippen LogP contribution in [0.2, 0.25) is 0 Å². The summed E-state index contributed by atoms with van der Waals surface area (Å²) in [5.41, 5.74) is 3.37. The number of hydrogen-bond acceptors (Lipinski definition) is 7. The third-order valence-electron chi connectivity index (χ3n) is 5.64. The Hall–Kier alpha value is -2.16. The summed E-state index contributed by atoms with van der Waals surface area (Å²) in [7, 11) is 0. The first-order valence-corrected chi connectivity index (χ1v) is 12.0. The van der Waals surface area contributed by atoms with E-state index in [0.29, 0.717) is 0 Å². The Balaban J connectivity index is 1.26. The number of thiophene rings is 1. The summed E-state index contributed by atoms with van der Waals surface area (Å²) < 4.78 is 5.41. The van der Waals surface area contributed by atoms with Crippen molar-refractivity contribution >= 4 is 50.6 Å². The Morgan fingerprint density at radius 3 is 2.80 bits per heavy atom. The number of carbonyl (C=O) groups is 1. The van der Waals surface area contributed by atoms with Gasteiger partial charge in [0.2, 0.25) is 5.91 Å². The van der Waals surface area contributed by atoms with E-state index in [1.807, 2.05) is 19.1 Å². The summed E-state index contributed by atoms with van der Waals surface area (Å²) in [4.78, 5) is 26.6. The van der Waals surface area contributed by atoms with Gasteiger partial charge in [0.1, 0.15) is 16.2 Å². The monoisotopic (exact) mass is 440 g/mol. The number of ether oxygens (including phenoxy) is 1. The molecule has 0 bridgehead atoms. The third kappa shape index (κ3) is 3.91. The zero-order valence-corrected chi connectivity index (χ0v) is 18.5. The van der Waals surface area contributed by atoms with Crippen LogP contribution in [-0.2, 0) is 22.4 Å². The van der Waals surface area contributed by atoms with Crippen LogP contribution in [0, 0.1) is 0 Å². The molecule has 1 aliphatic heterocycles. The van der Waals surface area contributed by atoms with Gasteiger partial charge in [-0.25, -0.2) is 9.97 Å². The Labute approximate surface area is 184 Å². The highest BCUT2D eigenvalue weighted by atomic mass is 32.2. The number of rotatable bonds is 5. The number of aromatic nitrogens is 2. The van der Waals surface area contributed by atoms with Crippen molar-refractivity contribution in [1.29, 1.82) is 0 Å². The first-order valence-electron chi connectivity index (χ1n) is 10.3. The fourth-order valence-corrected chi connectivity index (χ4v) is 6.27. The fourth-order valence-electron chi connectivity index (χ4n) is 4.03. The second-order valence-electron chi connectivity index (χ2n) is 7.61. The van der Waals surface area contributed by atoms with Crippen molar-refractivity contribution in [2.24, 2.45) is 0 Å². The summed E-state index contributed by atoms with van der Waals surface area (Å²) in [6.45, 7) is 5.26. The molecule has 8 heteroatoms. The molecule has 1 aliphatic carbocycles. The number of nitrogens with zero attached hydrogens (tertiary/aromatic N) is 3. The standard InChI is InChI=1S/C22H24N4O2S2/c1-14(29-21-19-17-3-2-4-18(17)30-22(19)24-13-23-21)20(27)25-15-5-7-16(8-6-15)26-9-11-28-12-10-26/h5-8,13-14H,2-4,9-12H2,1H3,(H,25,27)/t14-/m0/s1. The largest absolute Gasteiger partial charge is 0.378 e. The number of carbonyl (C=O) groups excluding carboxylic acids is 1. The van der Waals surface area contributed by atoms with Gasteiger partial charge in [-0.3, -0.25) is 4.79 Å². The number of hydrogen-bond donors (Lipinski definition) is 1. The first kappa shape index (κ1) is 19.8. The second-order valence-corrected chi connectivity index (χ2v) is 10.0. The Bertz CT molecular complexity index is 1060. The van der Waals surface area contributed by atoms with Crippen molar-refractivity contribution in [1.82, 2.24) is 9.97 Å². The van der Waals surface area contributed by atoms with Gasteiger partial charge in [-0.05, 0) is 56.0 Å². The zero-order chi connectivity index (χ0) is 20.5. The van der Waals surface area contributed by atoms with Crippen molar-refractivity contribution in [3.63, 3.8) is 0 Å². The van der Waals surface area contributed by atoms with Gasteiger partial charge in [-0.1, -0.05) is 11.8 Å². The normalized spacial score (nSPS) is 17.2. The number of benzene rings is 1. The van der Waals surface area contributed by atoms with Gasteiger partial charge >= 0.3 is 0 Å². The lowest BCUT2D eigenvalue weighted by molar-refractivity contribution is -0.115. The van der Waals surface area contributed by atoms with E-state index < -0.39 is 0 Å². The maximum atomic E-state index is 12.8. The minimum Gasteiger partial charge on any atom is -0.378 e. The van der Waals surface area contributed by atoms with Crippen molar-refractivity contribution in [3.8, 4) is 0 Å². The highest BCUT2D eigenvalue weighted by Gasteiger charge is 2.24.